The third-order valence-corrected chi connectivity index (χ3v) is 3.95. The van der Waals surface area contributed by atoms with E-state index in [1.54, 1.807) is 0 Å². The van der Waals surface area contributed by atoms with Crippen molar-refractivity contribution in [2.24, 2.45) is 16.9 Å². The van der Waals surface area contributed by atoms with Crippen LogP contribution in [0, 0.1) is 11.8 Å². The first-order chi connectivity index (χ1) is 9.86. The quantitative estimate of drug-likeness (QED) is 0.744. The summed E-state index contributed by atoms with van der Waals surface area (Å²) in [5, 5.41) is 14.2. The standard InChI is InChI=1S/C14H21F3N2O3/c1-8-5-6-10-9(7-8)13(21,14(15,16)17)19(18-10)11(20)22-12(2,3)4/h8-9,21H,5-7H2,1-4H3/t8-,9-,13-/m1/s1. The van der Waals surface area contributed by atoms with Crippen LogP contribution >= 0.6 is 0 Å². The highest BCUT2D eigenvalue weighted by atomic mass is 19.4. The molecule has 1 fully saturated rings. The third kappa shape index (κ3) is 2.80. The number of nitrogens with zero attached hydrogens (tertiary/aromatic N) is 2. The van der Waals surface area contributed by atoms with Gasteiger partial charge < -0.3 is 9.84 Å². The molecule has 0 spiro atoms. The van der Waals surface area contributed by atoms with Crippen LogP contribution in [0.3, 0.4) is 0 Å². The zero-order chi connectivity index (χ0) is 16.9. The predicted octanol–water partition coefficient (Wildman–Crippen LogP) is 3.28. The molecule has 0 bridgehead atoms. The van der Waals surface area contributed by atoms with Gasteiger partial charge in [-0.25, -0.2) is 4.79 Å². The summed E-state index contributed by atoms with van der Waals surface area (Å²) < 4.78 is 45.5. The maximum atomic E-state index is 13.5. The SMILES string of the molecule is C[C@@H]1CCC2=NN(C(=O)OC(C)(C)C)[C@](O)(C(F)(F)F)[C@@H]2C1. The van der Waals surface area contributed by atoms with E-state index in [1.165, 1.54) is 20.8 Å². The zero-order valence-corrected chi connectivity index (χ0v) is 13.1. The number of halogens is 3. The molecule has 1 heterocycles. The molecule has 1 saturated carbocycles. The molecule has 1 amide bonds. The molecule has 0 aromatic rings. The number of carbonyl (C=O) groups is 1. The molecule has 5 nitrogen and oxygen atoms in total. The van der Waals surface area contributed by atoms with Gasteiger partial charge in [0.25, 0.3) is 5.72 Å². The van der Waals surface area contributed by atoms with Gasteiger partial charge >= 0.3 is 12.3 Å². The Labute approximate surface area is 127 Å². The first kappa shape index (κ1) is 17.1. The lowest BCUT2D eigenvalue weighted by Gasteiger charge is -2.39. The van der Waals surface area contributed by atoms with Crippen LogP contribution in [-0.4, -0.2) is 39.4 Å². The Balaban J connectivity index is 2.39. The van der Waals surface area contributed by atoms with Gasteiger partial charge in [0.1, 0.15) is 5.60 Å². The van der Waals surface area contributed by atoms with E-state index in [4.69, 9.17) is 4.74 Å². The van der Waals surface area contributed by atoms with Crippen molar-refractivity contribution in [1.82, 2.24) is 5.01 Å². The molecule has 8 heteroatoms. The van der Waals surface area contributed by atoms with Crippen molar-refractivity contribution >= 4 is 11.8 Å². The Hall–Kier alpha value is -1.31. The Bertz CT molecular complexity index is 499. The Morgan fingerprint density at radius 3 is 2.50 bits per heavy atom. The van der Waals surface area contributed by atoms with Gasteiger partial charge in [0, 0.05) is 5.71 Å². The Morgan fingerprint density at radius 2 is 2.00 bits per heavy atom. The van der Waals surface area contributed by atoms with Crippen molar-refractivity contribution in [3.8, 4) is 0 Å². The summed E-state index contributed by atoms with van der Waals surface area (Å²) in [7, 11) is 0. The van der Waals surface area contributed by atoms with Gasteiger partial charge in [-0.15, -0.1) is 0 Å². The molecule has 1 aliphatic heterocycles. The summed E-state index contributed by atoms with van der Waals surface area (Å²) in [5.41, 5.74) is -4.10. The monoisotopic (exact) mass is 322 g/mol. The van der Waals surface area contributed by atoms with Gasteiger partial charge in [-0.3, -0.25) is 0 Å². The maximum absolute atomic E-state index is 13.5. The highest BCUT2D eigenvalue weighted by Gasteiger charge is 2.69. The number of hydrogen-bond donors (Lipinski definition) is 1. The smallest absolute Gasteiger partial charge is 0.439 e. The first-order valence-corrected chi connectivity index (χ1v) is 7.26. The number of aliphatic hydroxyl groups is 1. The lowest BCUT2D eigenvalue weighted by molar-refractivity contribution is -0.316. The minimum absolute atomic E-state index is 0.0245. The van der Waals surface area contributed by atoms with Gasteiger partial charge in [0.15, 0.2) is 0 Å². The van der Waals surface area contributed by atoms with Crippen LogP contribution in [0.15, 0.2) is 5.10 Å². The van der Waals surface area contributed by atoms with E-state index in [9.17, 15) is 23.1 Å². The number of hydrogen-bond acceptors (Lipinski definition) is 4. The molecule has 2 rings (SSSR count). The average molecular weight is 322 g/mol. The van der Waals surface area contributed by atoms with Crippen molar-refractivity contribution in [3.05, 3.63) is 0 Å². The van der Waals surface area contributed by atoms with Crippen molar-refractivity contribution < 1.29 is 27.8 Å². The van der Waals surface area contributed by atoms with Gasteiger partial charge in [-0.05, 0) is 46.0 Å². The van der Waals surface area contributed by atoms with Crippen molar-refractivity contribution in [1.29, 1.82) is 0 Å². The van der Waals surface area contributed by atoms with E-state index in [1.807, 2.05) is 6.92 Å². The van der Waals surface area contributed by atoms with Gasteiger partial charge in [0.2, 0.25) is 0 Å². The number of alkyl halides is 3. The minimum Gasteiger partial charge on any atom is -0.442 e. The zero-order valence-electron chi connectivity index (χ0n) is 13.1. The molecular weight excluding hydrogens is 301 g/mol. The summed E-state index contributed by atoms with van der Waals surface area (Å²) in [5.74, 6) is -1.21. The van der Waals surface area contributed by atoms with Gasteiger partial charge in [-0.2, -0.15) is 23.3 Å². The molecule has 0 saturated heterocycles. The number of carbonyl (C=O) groups excluding carboxylic acids is 1. The fourth-order valence-electron chi connectivity index (χ4n) is 2.90. The molecule has 3 atom stereocenters. The number of hydrazone groups is 1. The summed E-state index contributed by atoms with van der Waals surface area (Å²) in [6.45, 7) is 6.44. The topological polar surface area (TPSA) is 62.1 Å². The van der Waals surface area contributed by atoms with Crippen molar-refractivity contribution in [3.63, 3.8) is 0 Å². The molecule has 126 valence electrons. The normalized spacial score (nSPS) is 32.5. The number of rotatable bonds is 0. The van der Waals surface area contributed by atoms with E-state index in [0.717, 1.165) is 0 Å². The molecular formula is C14H21F3N2O3. The second-order valence-corrected chi connectivity index (χ2v) is 7.04. The van der Waals surface area contributed by atoms with Crippen molar-refractivity contribution in [2.75, 3.05) is 0 Å². The van der Waals surface area contributed by atoms with E-state index in [2.05, 4.69) is 5.10 Å². The summed E-state index contributed by atoms with van der Waals surface area (Å²) in [6, 6.07) is 0. The van der Waals surface area contributed by atoms with Crippen LogP contribution in [0.25, 0.3) is 0 Å². The molecule has 0 radical (unpaired) electrons. The maximum Gasteiger partial charge on any atom is 0.439 e. The summed E-state index contributed by atoms with van der Waals surface area (Å²) in [6.07, 6.45) is -5.15. The van der Waals surface area contributed by atoms with Crippen LogP contribution in [-0.2, 0) is 4.74 Å². The van der Waals surface area contributed by atoms with Gasteiger partial charge in [0.05, 0.1) is 5.92 Å². The molecule has 1 aliphatic carbocycles. The fourth-order valence-corrected chi connectivity index (χ4v) is 2.90. The second kappa shape index (κ2) is 5.11. The molecule has 22 heavy (non-hydrogen) atoms. The summed E-state index contributed by atoms with van der Waals surface area (Å²) >= 11 is 0. The van der Waals surface area contributed by atoms with E-state index in [0.29, 0.717) is 12.8 Å². The number of fused-ring (bicyclic) bond motifs is 1. The molecule has 0 aromatic heterocycles. The number of ether oxygens (including phenoxy) is 1. The number of amides is 1. The largest absolute Gasteiger partial charge is 0.442 e. The van der Waals surface area contributed by atoms with Crippen molar-refractivity contribution in [2.45, 2.75) is 64.5 Å². The molecule has 1 N–H and O–H groups in total. The Morgan fingerprint density at radius 1 is 1.41 bits per heavy atom. The third-order valence-electron chi connectivity index (χ3n) is 3.95. The average Bonchev–Trinajstić information content (AvgIpc) is 2.61. The molecule has 2 aliphatic rings. The van der Waals surface area contributed by atoms with Crippen LogP contribution in [0.2, 0.25) is 0 Å². The van der Waals surface area contributed by atoms with E-state index >= 15 is 0 Å². The Kier molecular flexibility index (Phi) is 3.96. The minimum atomic E-state index is -5.02. The fraction of sp³-hybridized carbons (Fsp3) is 0.857. The van der Waals surface area contributed by atoms with E-state index in [-0.39, 0.29) is 23.1 Å². The van der Waals surface area contributed by atoms with Crippen LogP contribution in [0.5, 0.6) is 0 Å². The second-order valence-electron chi connectivity index (χ2n) is 7.04. The first-order valence-electron chi connectivity index (χ1n) is 7.26. The van der Waals surface area contributed by atoms with Crippen LogP contribution in [0.4, 0.5) is 18.0 Å². The lowest BCUT2D eigenvalue weighted by atomic mass is 9.76. The van der Waals surface area contributed by atoms with Crippen LogP contribution < -0.4 is 0 Å². The highest BCUT2D eigenvalue weighted by Crippen LogP contribution is 2.49. The molecule has 0 unspecified atom stereocenters. The lowest BCUT2D eigenvalue weighted by Crippen LogP contribution is -2.62. The predicted molar refractivity (Wildman–Crippen MR) is 73.0 cm³/mol. The van der Waals surface area contributed by atoms with E-state index < -0.39 is 29.5 Å². The van der Waals surface area contributed by atoms with Gasteiger partial charge in [-0.1, -0.05) is 6.92 Å². The highest BCUT2D eigenvalue weighted by molar-refractivity contribution is 5.92. The van der Waals surface area contributed by atoms with Crippen LogP contribution in [0.1, 0.15) is 47.0 Å². The summed E-state index contributed by atoms with van der Waals surface area (Å²) in [4.78, 5) is 12.1. The molecule has 0 aromatic carbocycles.